The van der Waals surface area contributed by atoms with Crippen LogP contribution in [0.1, 0.15) is 12.5 Å². The van der Waals surface area contributed by atoms with Crippen LogP contribution in [0, 0.1) is 0 Å². The van der Waals surface area contributed by atoms with Crippen molar-refractivity contribution in [2.75, 3.05) is 24.6 Å². The maximum absolute atomic E-state index is 12.3. The Morgan fingerprint density at radius 2 is 1.58 bits per heavy atom. The molecule has 0 spiro atoms. The van der Waals surface area contributed by atoms with E-state index in [1.165, 1.54) is 0 Å². The summed E-state index contributed by atoms with van der Waals surface area (Å²) in [6.45, 7) is -1.23. The molecule has 0 radical (unpaired) electrons. The van der Waals surface area contributed by atoms with Crippen LogP contribution in [0.25, 0.3) is 11.1 Å². The Hall–Kier alpha value is -3.58. The predicted molar refractivity (Wildman–Crippen MR) is 119 cm³/mol. The fraction of sp³-hybridized carbons (Fsp3) is 0.348. The van der Waals surface area contributed by atoms with E-state index in [0.29, 0.717) is 19.9 Å². The fourth-order valence-corrected chi connectivity index (χ4v) is 3.19. The molecule has 0 aliphatic carbocycles. The van der Waals surface area contributed by atoms with Gasteiger partial charge in [-0.05, 0) is 24.1 Å². The lowest BCUT2D eigenvalue weighted by atomic mass is 9.98. The number of halogens is 5. The Morgan fingerprint density at radius 3 is 2.14 bits per heavy atom. The van der Waals surface area contributed by atoms with Gasteiger partial charge in [0.1, 0.15) is 0 Å². The lowest BCUT2D eigenvalue weighted by Gasteiger charge is -2.23. The zero-order valence-electron chi connectivity index (χ0n) is 19.0. The topological polar surface area (TPSA) is 133 Å². The highest BCUT2D eigenvalue weighted by Gasteiger charge is 2.57. The molecule has 0 bridgehead atoms. The number of anilines is 1. The molecule has 0 fully saturated rings. The number of hydrogen-bond donors (Lipinski definition) is 4. The second-order valence-electron chi connectivity index (χ2n) is 7.94. The van der Waals surface area contributed by atoms with Gasteiger partial charge in [-0.3, -0.25) is 14.4 Å². The summed E-state index contributed by atoms with van der Waals surface area (Å²) in [7, 11) is 0. The zero-order valence-corrected chi connectivity index (χ0v) is 19.0. The van der Waals surface area contributed by atoms with Gasteiger partial charge in [0.25, 0.3) is 11.8 Å². The highest BCUT2D eigenvalue weighted by Crippen LogP contribution is 2.36. The van der Waals surface area contributed by atoms with E-state index in [1.54, 1.807) is 4.90 Å². The van der Waals surface area contributed by atoms with Crippen LogP contribution in [-0.2, 0) is 20.8 Å². The van der Waals surface area contributed by atoms with Gasteiger partial charge in [-0.2, -0.15) is 22.0 Å². The lowest BCUT2D eigenvalue weighted by molar-refractivity contribution is -0.278. The average molecular weight is 517 g/mol. The molecule has 0 saturated heterocycles. The molecule has 8 nitrogen and oxygen atoms in total. The molecule has 36 heavy (non-hydrogen) atoms. The van der Waals surface area contributed by atoms with E-state index in [4.69, 9.17) is 5.11 Å². The minimum Gasteiger partial charge on any atom is -0.395 e. The molecule has 13 heteroatoms. The molecular weight excluding hydrogens is 493 g/mol. The first kappa shape index (κ1) is 28.7. The molecule has 5 N–H and O–H groups in total. The van der Waals surface area contributed by atoms with Crippen LogP contribution in [0.2, 0.25) is 0 Å². The van der Waals surface area contributed by atoms with E-state index in [0.717, 1.165) is 27.7 Å². The summed E-state index contributed by atoms with van der Waals surface area (Å²) >= 11 is 0. The van der Waals surface area contributed by atoms with Gasteiger partial charge in [0.05, 0.1) is 25.3 Å². The number of primary amides is 1. The number of amides is 3. The van der Waals surface area contributed by atoms with Gasteiger partial charge in [0.2, 0.25) is 11.5 Å². The Bertz CT molecular complexity index is 1120. The summed E-state index contributed by atoms with van der Waals surface area (Å²) in [5.41, 5.74) is 5.76. The van der Waals surface area contributed by atoms with Crippen molar-refractivity contribution in [2.24, 2.45) is 5.73 Å². The van der Waals surface area contributed by atoms with E-state index >= 15 is 0 Å². The highest BCUT2D eigenvalue weighted by molar-refractivity contribution is 6.07. The van der Waals surface area contributed by atoms with Crippen LogP contribution in [-0.4, -0.2) is 65.3 Å². The quantitative estimate of drug-likeness (QED) is 0.343. The van der Waals surface area contributed by atoms with Crippen molar-refractivity contribution in [1.29, 1.82) is 0 Å². The van der Waals surface area contributed by atoms with Crippen LogP contribution >= 0.6 is 0 Å². The molecule has 3 amide bonds. The number of benzene rings is 2. The third-order valence-electron chi connectivity index (χ3n) is 5.28. The molecule has 0 aromatic heterocycles. The van der Waals surface area contributed by atoms with Crippen molar-refractivity contribution >= 4 is 23.4 Å². The van der Waals surface area contributed by atoms with Gasteiger partial charge in [0, 0.05) is 12.1 Å². The number of carbonyl (C=O) groups excluding carboxylic acids is 3. The first-order chi connectivity index (χ1) is 16.6. The second-order valence-corrected chi connectivity index (χ2v) is 7.94. The van der Waals surface area contributed by atoms with Crippen molar-refractivity contribution in [2.45, 2.75) is 31.0 Å². The number of aliphatic hydroxyl groups excluding tert-OH is 1. The third kappa shape index (κ3) is 6.34. The fourth-order valence-electron chi connectivity index (χ4n) is 3.19. The van der Waals surface area contributed by atoms with E-state index in [2.05, 4.69) is 5.73 Å². The van der Waals surface area contributed by atoms with Crippen LogP contribution in [0.5, 0.6) is 0 Å². The summed E-state index contributed by atoms with van der Waals surface area (Å²) in [5, 5.41) is 19.3. The summed E-state index contributed by atoms with van der Waals surface area (Å²) in [6.07, 6.45) is -5.47. The monoisotopic (exact) mass is 517 g/mol. The van der Waals surface area contributed by atoms with Crippen molar-refractivity contribution in [3.05, 3.63) is 54.1 Å². The maximum atomic E-state index is 12.3. The number of nitrogens with zero attached hydrogens (tertiary/aromatic N) is 1. The Kier molecular flexibility index (Phi) is 8.75. The average Bonchev–Trinajstić information content (AvgIpc) is 2.92. The largest absolute Gasteiger partial charge is 0.455 e. The molecule has 2 aromatic rings. The number of β-amino-alcohol motifs (C(OH)–C–C–N with tert-alkyl or cyclic N) is 1. The van der Waals surface area contributed by atoms with Crippen molar-refractivity contribution < 1.29 is 46.5 Å². The minimum atomic E-state index is -5.85. The van der Waals surface area contributed by atoms with E-state index in [1.807, 2.05) is 48.5 Å². The first-order valence-electron chi connectivity index (χ1n) is 10.5. The van der Waals surface area contributed by atoms with E-state index < -0.39 is 36.1 Å². The molecule has 1 aliphatic rings. The normalized spacial score (nSPS) is 14.9. The van der Waals surface area contributed by atoms with Crippen LogP contribution in [0.15, 0.2) is 48.5 Å². The number of nitrogens with two attached hydrogens (primary N) is 1. The number of nitrogens with one attached hydrogen (secondary N) is 1. The van der Waals surface area contributed by atoms with Gasteiger partial charge in [0.15, 0.2) is 0 Å². The smallest absolute Gasteiger partial charge is 0.395 e. The van der Waals surface area contributed by atoms with Gasteiger partial charge in [-0.25, -0.2) is 0 Å². The lowest BCUT2D eigenvalue weighted by Crippen LogP contribution is -2.56. The molecule has 2 aromatic carbocycles. The standard InChI is InChI=1S/C16H15NO2.C7H9F5N2O3/c18-10-9-17-15-8-4-3-7-14(15)13-6-2-1-5-12(13)11-16(17)19;1-5(17,3(13)15)4(16)14-2-6(8,9)7(10,11)12/h1-8,18H,9-11H2;17H,2H2,1H3,(H2,13,15)(H,14,16). The first-order valence-corrected chi connectivity index (χ1v) is 10.5. The van der Waals surface area contributed by atoms with Gasteiger partial charge < -0.3 is 26.2 Å². The zero-order chi connectivity index (χ0) is 27.3. The van der Waals surface area contributed by atoms with Crippen molar-refractivity contribution in [3.8, 4) is 11.1 Å². The molecule has 1 atom stereocenters. The van der Waals surface area contributed by atoms with Crippen LogP contribution in [0.4, 0.5) is 27.6 Å². The second kappa shape index (κ2) is 11.0. The van der Waals surface area contributed by atoms with Crippen LogP contribution < -0.4 is 16.0 Å². The highest BCUT2D eigenvalue weighted by atomic mass is 19.4. The van der Waals surface area contributed by atoms with E-state index in [-0.39, 0.29) is 12.5 Å². The maximum Gasteiger partial charge on any atom is 0.455 e. The van der Waals surface area contributed by atoms with Gasteiger partial charge in [-0.1, -0.05) is 42.5 Å². The van der Waals surface area contributed by atoms with Crippen LogP contribution in [0.3, 0.4) is 0 Å². The third-order valence-corrected chi connectivity index (χ3v) is 5.28. The molecule has 1 unspecified atom stereocenters. The van der Waals surface area contributed by atoms with E-state index in [9.17, 15) is 41.4 Å². The molecule has 1 aliphatic heterocycles. The number of para-hydroxylation sites is 1. The molecule has 196 valence electrons. The van der Waals surface area contributed by atoms with Crippen molar-refractivity contribution in [1.82, 2.24) is 5.32 Å². The number of hydrogen-bond acceptors (Lipinski definition) is 5. The summed E-state index contributed by atoms with van der Waals surface area (Å²) in [5.74, 6) is -8.46. The summed E-state index contributed by atoms with van der Waals surface area (Å²) < 4.78 is 59.7. The number of carbonyl (C=O) groups is 3. The molecule has 3 rings (SSSR count). The van der Waals surface area contributed by atoms with Gasteiger partial charge in [-0.15, -0.1) is 0 Å². The molecule has 0 saturated carbocycles. The number of alkyl halides is 5. The minimum absolute atomic E-state index is 0.0313. The van der Waals surface area contributed by atoms with Crippen molar-refractivity contribution in [3.63, 3.8) is 0 Å². The number of rotatable bonds is 6. The molecule has 1 heterocycles. The predicted octanol–water partition coefficient (Wildman–Crippen LogP) is 1.77. The Balaban J connectivity index is 0.000000256. The Morgan fingerprint density at radius 1 is 1.03 bits per heavy atom. The molecular formula is C23H24F5N3O5. The SMILES string of the molecule is CC(O)(C(N)=O)C(=O)NCC(F)(F)C(F)(F)F.O=C1Cc2ccccc2-c2ccccc2N1CCO. The Labute approximate surface area is 202 Å². The summed E-state index contributed by atoms with van der Waals surface area (Å²) in [6, 6.07) is 15.8. The van der Waals surface area contributed by atoms with Gasteiger partial charge >= 0.3 is 12.1 Å². The number of fused-ring (bicyclic) bond motifs is 3. The summed E-state index contributed by atoms with van der Waals surface area (Å²) in [4.78, 5) is 35.4. The number of aliphatic hydroxyl groups is 2.